The van der Waals surface area contributed by atoms with Gasteiger partial charge in [-0.3, -0.25) is 0 Å². The quantitative estimate of drug-likeness (QED) is 0.466. The number of rotatable bonds is 7. The molecule has 0 spiro atoms. The van der Waals surface area contributed by atoms with Crippen molar-refractivity contribution in [3.8, 4) is 0 Å². The third-order valence-electron chi connectivity index (χ3n) is 8.27. The van der Waals surface area contributed by atoms with Crippen LogP contribution in [0.15, 0.2) is 48.0 Å². The molecular formula is C31H40O2. The van der Waals surface area contributed by atoms with Gasteiger partial charge < -0.3 is 5.11 Å². The van der Waals surface area contributed by atoms with Gasteiger partial charge in [0.15, 0.2) is 0 Å². The van der Waals surface area contributed by atoms with Crippen molar-refractivity contribution in [1.29, 1.82) is 0 Å². The van der Waals surface area contributed by atoms with E-state index in [1.54, 1.807) is 11.6 Å². The van der Waals surface area contributed by atoms with Gasteiger partial charge in [-0.25, -0.2) is 4.79 Å². The smallest absolute Gasteiger partial charge is 0.335 e. The minimum Gasteiger partial charge on any atom is -0.478 e. The molecule has 176 valence electrons. The molecule has 2 nitrogen and oxygen atoms in total. The van der Waals surface area contributed by atoms with Gasteiger partial charge in [-0.05, 0) is 96.2 Å². The summed E-state index contributed by atoms with van der Waals surface area (Å²) in [5.41, 5.74) is 8.62. The lowest BCUT2D eigenvalue weighted by molar-refractivity contribution is 0.0696. The third-order valence-corrected chi connectivity index (χ3v) is 8.27. The van der Waals surface area contributed by atoms with Crippen LogP contribution in [0.25, 0.3) is 5.57 Å². The van der Waals surface area contributed by atoms with E-state index in [2.05, 4.69) is 51.1 Å². The first kappa shape index (κ1) is 23.8. The molecule has 0 aliphatic heterocycles. The van der Waals surface area contributed by atoms with E-state index in [1.807, 2.05) is 6.07 Å². The maximum Gasteiger partial charge on any atom is 0.335 e. The zero-order chi connectivity index (χ0) is 23.4. The molecule has 1 saturated carbocycles. The number of aryl methyl sites for hydroxylation is 1. The van der Waals surface area contributed by atoms with Crippen LogP contribution in [0.3, 0.4) is 0 Å². The molecule has 2 aromatic rings. The lowest BCUT2D eigenvalue weighted by Crippen LogP contribution is -2.15. The molecule has 2 aliphatic carbocycles. The fraction of sp³-hybridized carbons (Fsp3) is 0.516. The van der Waals surface area contributed by atoms with Crippen LogP contribution in [0, 0.1) is 17.8 Å². The molecule has 2 aliphatic rings. The van der Waals surface area contributed by atoms with Gasteiger partial charge >= 0.3 is 5.97 Å². The van der Waals surface area contributed by atoms with E-state index in [9.17, 15) is 9.90 Å². The number of carboxylic acid groups (broad SMARTS) is 1. The van der Waals surface area contributed by atoms with E-state index in [4.69, 9.17) is 0 Å². The number of hydrogen-bond donors (Lipinski definition) is 1. The van der Waals surface area contributed by atoms with E-state index in [1.165, 1.54) is 66.4 Å². The van der Waals surface area contributed by atoms with Crippen molar-refractivity contribution in [3.05, 3.63) is 75.9 Å². The fourth-order valence-corrected chi connectivity index (χ4v) is 6.02. The summed E-state index contributed by atoms with van der Waals surface area (Å²) in [5, 5.41) is 9.55. The van der Waals surface area contributed by atoms with Gasteiger partial charge in [0.25, 0.3) is 0 Å². The topological polar surface area (TPSA) is 37.3 Å². The lowest BCUT2D eigenvalue weighted by atomic mass is 9.75. The molecule has 0 aromatic heterocycles. The van der Waals surface area contributed by atoms with Gasteiger partial charge in [0.1, 0.15) is 0 Å². The van der Waals surface area contributed by atoms with E-state index >= 15 is 0 Å². The van der Waals surface area contributed by atoms with Crippen LogP contribution >= 0.6 is 0 Å². The number of carbonyl (C=O) groups is 1. The monoisotopic (exact) mass is 444 g/mol. The maximum absolute atomic E-state index is 11.6. The van der Waals surface area contributed by atoms with E-state index in [-0.39, 0.29) is 0 Å². The molecule has 4 rings (SSSR count). The minimum atomic E-state index is -0.833. The summed E-state index contributed by atoms with van der Waals surface area (Å²) in [6, 6.07) is 15.1. The van der Waals surface area contributed by atoms with Crippen LogP contribution in [-0.2, 0) is 12.8 Å². The number of benzene rings is 2. The average molecular weight is 445 g/mol. The van der Waals surface area contributed by atoms with Gasteiger partial charge in [-0.1, -0.05) is 82.4 Å². The number of aromatic carboxylic acids is 1. The zero-order valence-corrected chi connectivity index (χ0v) is 20.7. The minimum absolute atomic E-state index is 0.406. The predicted molar refractivity (Wildman–Crippen MR) is 138 cm³/mol. The van der Waals surface area contributed by atoms with Crippen molar-refractivity contribution >= 4 is 11.5 Å². The molecule has 0 bridgehead atoms. The van der Waals surface area contributed by atoms with Gasteiger partial charge in [0, 0.05) is 0 Å². The molecule has 1 fully saturated rings. The Labute approximate surface area is 200 Å². The molecule has 0 heterocycles. The first-order valence-corrected chi connectivity index (χ1v) is 13.2. The van der Waals surface area contributed by atoms with Crippen LogP contribution < -0.4 is 0 Å². The summed E-state index contributed by atoms with van der Waals surface area (Å²) in [6.07, 6.45) is 12.0. The Balaban J connectivity index is 1.77. The molecule has 2 aromatic carbocycles. The highest BCUT2D eigenvalue weighted by molar-refractivity contribution is 5.90. The fourth-order valence-electron chi connectivity index (χ4n) is 6.02. The summed E-state index contributed by atoms with van der Waals surface area (Å²) >= 11 is 0. The lowest BCUT2D eigenvalue weighted by Gasteiger charge is -2.30. The molecule has 0 saturated heterocycles. The van der Waals surface area contributed by atoms with Gasteiger partial charge in [-0.15, -0.1) is 0 Å². The van der Waals surface area contributed by atoms with Gasteiger partial charge in [-0.2, -0.15) is 0 Å². The molecule has 0 radical (unpaired) electrons. The summed E-state index contributed by atoms with van der Waals surface area (Å²) in [4.78, 5) is 11.6. The van der Waals surface area contributed by atoms with Crippen molar-refractivity contribution in [2.24, 2.45) is 17.8 Å². The highest BCUT2D eigenvalue weighted by atomic mass is 16.4. The summed E-state index contributed by atoms with van der Waals surface area (Å²) < 4.78 is 0. The highest BCUT2D eigenvalue weighted by Crippen LogP contribution is 2.43. The number of fused-ring (bicyclic) bond motifs is 1. The van der Waals surface area contributed by atoms with Gasteiger partial charge in [0.2, 0.25) is 0 Å². The molecule has 0 amide bonds. The first-order valence-electron chi connectivity index (χ1n) is 13.2. The van der Waals surface area contributed by atoms with Crippen molar-refractivity contribution in [2.45, 2.75) is 85.0 Å². The van der Waals surface area contributed by atoms with Crippen molar-refractivity contribution in [1.82, 2.24) is 0 Å². The summed E-state index contributed by atoms with van der Waals surface area (Å²) in [6.45, 7) is 6.97. The van der Waals surface area contributed by atoms with Crippen LogP contribution in [0.5, 0.6) is 0 Å². The largest absolute Gasteiger partial charge is 0.478 e. The Morgan fingerprint density at radius 3 is 2.30 bits per heavy atom. The van der Waals surface area contributed by atoms with E-state index in [0.717, 1.165) is 37.5 Å². The van der Waals surface area contributed by atoms with E-state index in [0.29, 0.717) is 11.5 Å². The highest BCUT2D eigenvalue weighted by Gasteiger charge is 2.27. The van der Waals surface area contributed by atoms with E-state index < -0.39 is 5.97 Å². The Kier molecular flexibility index (Phi) is 7.73. The Morgan fingerprint density at radius 1 is 0.970 bits per heavy atom. The number of hydrogen-bond acceptors (Lipinski definition) is 1. The second-order valence-electron chi connectivity index (χ2n) is 10.5. The van der Waals surface area contributed by atoms with Crippen molar-refractivity contribution in [3.63, 3.8) is 0 Å². The molecule has 33 heavy (non-hydrogen) atoms. The Bertz CT molecular complexity index is 986. The predicted octanol–water partition coefficient (Wildman–Crippen LogP) is 8.33. The van der Waals surface area contributed by atoms with Crippen LogP contribution in [-0.4, -0.2) is 11.1 Å². The molecule has 2 heteroatoms. The normalized spacial score (nSPS) is 21.1. The SMILES string of the molecule is CCC(CC)Cc1ccc(C2=C(C3CCC(C)CC3)CCCc3cc(C(=O)O)ccc32)cc1. The second-order valence-corrected chi connectivity index (χ2v) is 10.5. The second kappa shape index (κ2) is 10.7. The van der Waals surface area contributed by atoms with Crippen molar-refractivity contribution in [2.75, 3.05) is 0 Å². The van der Waals surface area contributed by atoms with Crippen LogP contribution in [0.2, 0.25) is 0 Å². The zero-order valence-electron chi connectivity index (χ0n) is 20.7. The Hall–Kier alpha value is -2.35. The first-order chi connectivity index (χ1) is 16.0. The average Bonchev–Trinajstić information content (AvgIpc) is 3.02. The number of carboxylic acids is 1. The van der Waals surface area contributed by atoms with Gasteiger partial charge in [0.05, 0.1) is 5.56 Å². The third kappa shape index (κ3) is 5.42. The molecule has 1 N–H and O–H groups in total. The molecular weight excluding hydrogens is 404 g/mol. The van der Waals surface area contributed by atoms with Crippen LogP contribution in [0.1, 0.15) is 105 Å². The molecule has 0 atom stereocenters. The summed E-state index contributed by atoms with van der Waals surface area (Å²) in [5.74, 6) is 1.42. The number of allylic oxidation sites excluding steroid dienone is 1. The van der Waals surface area contributed by atoms with Crippen LogP contribution in [0.4, 0.5) is 0 Å². The Morgan fingerprint density at radius 2 is 1.67 bits per heavy atom. The van der Waals surface area contributed by atoms with Crippen molar-refractivity contribution < 1.29 is 9.90 Å². The standard InChI is InChI=1S/C31H40O2/c1-4-22(5-2)19-23-11-15-25(16-12-23)30-28(24-13-9-21(3)10-14-24)8-6-7-26-20-27(31(32)33)17-18-29(26)30/h11-12,15-18,20-22,24H,4-10,13-14,19H2,1-3H3,(H,32,33). The molecule has 0 unspecified atom stereocenters. The summed E-state index contributed by atoms with van der Waals surface area (Å²) in [7, 11) is 0. The maximum atomic E-state index is 11.6.